The number of nitrogens with one attached hydrogen (secondary N) is 3. The number of H-pyrrole nitrogens is 1. The van der Waals surface area contributed by atoms with E-state index in [-0.39, 0.29) is 17.1 Å². The molecule has 1 aliphatic heterocycles. The summed E-state index contributed by atoms with van der Waals surface area (Å²) in [5.74, 6) is 0. The van der Waals surface area contributed by atoms with Gasteiger partial charge in [-0.15, -0.1) is 0 Å². The van der Waals surface area contributed by atoms with E-state index in [9.17, 15) is 8.42 Å². The Hall–Kier alpha value is -0.960. The van der Waals surface area contributed by atoms with E-state index in [4.69, 9.17) is 0 Å². The minimum absolute atomic E-state index is 0.0389. The second kappa shape index (κ2) is 6.87. The van der Waals surface area contributed by atoms with Gasteiger partial charge in [0.2, 0.25) is 0 Å². The molecule has 120 valence electrons. The molecule has 1 saturated heterocycles. The van der Waals surface area contributed by atoms with Gasteiger partial charge < -0.3 is 10.2 Å². The van der Waals surface area contributed by atoms with Crippen molar-refractivity contribution in [1.82, 2.24) is 25.1 Å². The normalized spacial score (nSPS) is 21.0. The molecule has 0 aromatic carbocycles. The Balaban J connectivity index is 2.07. The van der Waals surface area contributed by atoms with E-state index in [2.05, 4.69) is 25.1 Å². The van der Waals surface area contributed by atoms with Crippen LogP contribution >= 0.6 is 0 Å². The first-order valence-electron chi connectivity index (χ1n) is 7.35. The van der Waals surface area contributed by atoms with Gasteiger partial charge >= 0.3 is 0 Å². The lowest BCUT2D eigenvalue weighted by atomic mass is 10.1. The summed E-state index contributed by atoms with van der Waals surface area (Å²) in [6.45, 7) is 6.28. The number of aromatic amines is 1. The van der Waals surface area contributed by atoms with Crippen LogP contribution in [0.2, 0.25) is 0 Å². The fourth-order valence-electron chi connectivity index (χ4n) is 2.51. The zero-order valence-corrected chi connectivity index (χ0v) is 13.7. The third-order valence-electron chi connectivity index (χ3n) is 3.59. The van der Waals surface area contributed by atoms with Crippen molar-refractivity contribution in [3.05, 3.63) is 11.8 Å². The van der Waals surface area contributed by atoms with Gasteiger partial charge in [-0.25, -0.2) is 13.1 Å². The maximum atomic E-state index is 12.5. The largest absolute Gasteiger partial charge is 0.310 e. The van der Waals surface area contributed by atoms with Gasteiger partial charge in [-0.05, 0) is 26.4 Å². The van der Waals surface area contributed by atoms with Crippen LogP contribution in [0.1, 0.15) is 32.3 Å². The molecule has 0 spiro atoms. The fourth-order valence-corrected chi connectivity index (χ4v) is 3.90. The van der Waals surface area contributed by atoms with Crippen molar-refractivity contribution in [2.45, 2.75) is 50.3 Å². The van der Waals surface area contributed by atoms with Crippen molar-refractivity contribution in [3.63, 3.8) is 0 Å². The number of likely N-dealkylation sites (tertiary alicyclic amines) is 1. The molecule has 21 heavy (non-hydrogen) atoms. The molecule has 0 aliphatic carbocycles. The summed E-state index contributed by atoms with van der Waals surface area (Å²) in [4.78, 5) is 2.14. The van der Waals surface area contributed by atoms with Gasteiger partial charge in [0.1, 0.15) is 0 Å². The average molecular weight is 315 g/mol. The van der Waals surface area contributed by atoms with Gasteiger partial charge in [0.15, 0.2) is 5.03 Å². The van der Waals surface area contributed by atoms with Gasteiger partial charge in [0, 0.05) is 30.7 Å². The molecule has 8 heteroatoms. The number of hydrogen-bond donors (Lipinski definition) is 3. The quantitative estimate of drug-likeness (QED) is 0.701. The summed E-state index contributed by atoms with van der Waals surface area (Å²) >= 11 is 0. The SMILES string of the molecule is CC(C)NCc1cn[nH]c1S(=O)(=O)NC1CCCN(C)C1. The van der Waals surface area contributed by atoms with Crippen molar-refractivity contribution >= 4 is 10.0 Å². The molecule has 1 atom stereocenters. The zero-order chi connectivity index (χ0) is 15.5. The fraction of sp³-hybridized carbons (Fsp3) is 0.769. The molecule has 0 bridgehead atoms. The molecule has 0 saturated carbocycles. The van der Waals surface area contributed by atoms with E-state index in [1.165, 1.54) is 0 Å². The van der Waals surface area contributed by atoms with Crippen LogP contribution in [0.4, 0.5) is 0 Å². The number of nitrogens with zero attached hydrogens (tertiary/aromatic N) is 2. The third kappa shape index (κ3) is 4.50. The van der Waals surface area contributed by atoms with Gasteiger partial charge in [-0.3, -0.25) is 5.10 Å². The van der Waals surface area contributed by atoms with Crippen molar-refractivity contribution in [3.8, 4) is 0 Å². The lowest BCUT2D eigenvalue weighted by molar-refractivity contribution is 0.242. The highest BCUT2D eigenvalue weighted by atomic mass is 32.2. The Kier molecular flexibility index (Phi) is 5.37. The first kappa shape index (κ1) is 16.4. The maximum Gasteiger partial charge on any atom is 0.258 e. The van der Waals surface area contributed by atoms with Crippen LogP contribution in [0.15, 0.2) is 11.2 Å². The molecular weight excluding hydrogens is 290 g/mol. The first-order valence-corrected chi connectivity index (χ1v) is 8.83. The molecule has 1 aliphatic rings. The summed E-state index contributed by atoms with van der Waals surface area (Å²) < 4.78 is 27.8. The predicted molar refractivity (Wildman–Crippen MR) is 81.4 cm³/mol. The van der Waals surface area contributed by atoms with Crippen LogP contribution < -0.4 is 10.0 Å². The predicted octanol–water partition coefficient (Wildman–Crippen LogP) is 0.280. The van der Waals surface area contributed by atoms with Crippen molar-refractivity contribution in [2.24, 2.45) is 0 Å². The van der Waals surface area contributed by atoms with Crippen LogP contribution in [0.5, 0.6) is 0 Å². The summed E-state index contributed by atoms with van der Waals surface area (Å²) in [7, 11) is -1.54. The summed E-state index contributed by atoms with van der Waals surface area (Å²) in [5, 5.41) is 9.88. The smallest absolute Gasteiger partial charge is 0.258 e. The van der Waals surface area contributed by atoms with Crippen LogP contribution in [-0.2, 0) is 16.6 Å². The van der Waals surface area contributed by atoms with Gasteiger partial charge in [0.25, 0.3) is 10.0 Å². The molecule has 7 nitrogen and oxygen atoms in total. The number of likely N-dealkylation sites (N-methyl/N-ethyl adjacent to an activating group) is 1. The molecule has 2 heterocycles. The van der Waals surface area contributed by atoms with Crippen molar-refractivity contribution in [1.29, 1.82) is 0 Å². The summed E-state index contributed by atoms with van der Waals surface area (Å²) in [6.07, 6.45) is 3.45. The number of hydrogen-bond acceptors (Lipinski definition) is 5. The highest BCUT2D eigenvalue weighted by molar-refractivity contribution is 7.89. The van der Waals surface area contributed by atoms with Gasteiger partial charge in [-0.2, -0.15) is 5.10 Å². The second-order valence-electron chi connectivity index (χ2n) is 5.98. The Morgan fingerprint density at radius 3 is 2.95 bits per heavy atom. The molecular formula is C13H25N5O2S. The van der Waals surface area contributed by atoms with E-state index >= 15 is 0 Å². The molecule has 3 N–H and O–H groups in total. The lowest BCUT2D eigenvalue weighted by Crippen LogP contribution is -2.46. The number of rotatable bonds is 6. The van der Waals surface area contributed by atoms with E-state index in [1.807, 2.05) is 20.9 Å². The molecule has 0 amide bonds. The molecule has 0 radical (unpaired) electrons. The van der Waals surface area contributed by atoms with Crippen molar-refractivity contribution < 1.29 is 8.42 Å². The zero-order valence-electron chi connectivity index (χ0n) is 12.9. The first-order chi connectivity index (χ1) is 9.88. The molecule has 1 fully saturated rings. The van der Waals surface area contributed by atoms with Crippen LogP contribution in [0.25, 0.3) is 0 Å². The van der Waals surface area contributed by atoms with Crippen LogP contribution in [0, 0.1) is 0 Å². The Bertz CT molecular complexity index is 555. The minimum Gasteiger partial charge on any atom is -0.310 e. The highest BCUT2D eigenvalue weighted by Crippen LogP contribution is 2.15. The van der Waals surface area contributed by atoms with E-state index in [0.29, 0.717) is 12.1 Å². The van der Waals surface area contributed by atoms with Gasteiger partial charge in [-0.1, -0.05) is 13.8 Å². The summed E-state index contributed by atoms with van der Waals surface area (Å²) in [6, 6.07) is 0.248. The highest BCUT2D eigenvalue weighted by Gasteiger charge is 2.26. The van der Waals surface area contributed by atoms with Crippen LogP contribution in [0.3, 0.4) is 0 Å². The van der Waals surface area contributed by atoms with Gasteiger partial charge in [0.05, 0.1) is 6.20 Å². The monoisotopic (exact) mass is 315 g/mol. The van der Waals surface area contributed by atoms with E-state index < -0.39 is 10.0 Å². The third-order valence-corrected chi connectivity index (χ3v) is 5.13. The molecule has 1 unspecified atom stereocenters. The second-order valence-corrected chi connectivity index (χ2v) is 7.63. The maximum absolute atomic E-state index is 12.5. The minimum atomic E-state index is -3.55. The number of sulfonamides is 1. The van der Waals surface area contributed by atoms with Crippen molar-refractivity contribution in [2.75, 3.05) is 20.1 Å². The molecule has 1 aromatic rings. The summed E-state index contributed by atoms with van der Waals surface area (Å²) in [5.41, 5.74) is 0.667. The van der Waals surface area contributed by atoms with E-state index in [1.54, 1.807) is 6.20 Å². The lowest BCUT2D eigenvalue weighted by Gasteiger charge is -2.29. The topological polar surface area (TPSA) is 90.1 Å². The molecule has 1 aromatic heterocycles. The molecule has 2 rings (SSSR count). The average Bonchev–Trinajstić information content (AvgIpc) is 2.85. The number of piperidine rings is 1. The Morgan fingerprint density at radius 1 is 1.52 bits per heavy atom. The Labute approximate surface area is 126 Å². The number of aromatic nitrogens is 2. The van der Waals surface area contributed by atoms with Crippen LogP contribution in [-0.4, -0.2) is 55.7 Å². The Morgan fingerprint density at radius 2 is 2.29 bits per heavy atom. The standard InChI is InChI=1S/C13H25N5O2S/c1-10(2)14-7-11-8-15-16-13(11)21(19,20)17-12-5-4-6-18(3)9-12/h8,10,12,14,17H,4-7,9H2,1-3H3,(H,15,16). The van der Waals surface area contributed by atoms with E-state index in [0.717, 1.165) is 25.9 Å².